The first-order valence-electron chi connectivity index (χ1n) is 9.37. The minimum Gasteiger partial charge on any atom is -0.317 e. The SMILES string of the molecule is Cc1ccc(Nc2on[n+](N3CCN(S(=O)(=O)c4ccc(Cl)cc4Cl)CC3)c2Cl)cc1. The number of nitrogens with zero attached hydrogens (tertiary/aromatic N) is 4. The van der Waals surface area contributed by atoms with Crippen molar-refractivity contribution in [3.05, 3.63) is 63.2 Å². The van der Waals surface area contributed by atoms with Crippen molar-refractivity contribution >= 4 is 56.4 Å². The molecule has 3 aromatic rings. The monoisotopic (exact) mass is 502 g/mol. The lowest BCUT2D eigenvalue weighted by Gasteiger charge is -2.29. The molecule has 12 heteroatoms. The van der Waals surface area contributed by atoms with E-state index in [0.29, 0.717) is 24.0 Å². The van der Waals surface area contributed by atoms with Gasteiger partial charge in [-0.1, -0.05) is 40.9 Å². The topological polar surface area (TPSA) is 82.6 Å². The highest BCUT2D eigenvalue weighted by Gasteiger charge is 2.36. The second-order valence-corrected chi connectivity index (χ2v) is 10.1. The van der Waals surface area contributed by atoms with Gasteiger partial charge in [0.1, 0.15) is 4.90 Å². The van der Waals surface area contributed by atoms with Crippen LogP contribution in [0.5, 0.6) is 0 Å². The average molecular weight is 504 g/mol. The van der Waals surface area contributed by atoms with Crippen molar-refractivity contribution in [3.8, 4) is 0 Å². The van der Waals surface area contributed by atoms with Gasteiger partial charge in [0, 0.05) is 35.4 Å². The van der Waals surface area contributed by atoms with E-state index in [1.165, 1.54) is 27.3 Å². The number of sulfonamides is 1. The standard InChI is InChI=1S/C19H19Cl3N5O3S/c1-13-2-5-15(6-3-13)23-19-18(22)27(24-30-19)25-8-10-26(11-9-25)31(28,29)17-7-4-14(20)12-16(17)21/h2-7,12,23H,8-11H2,1H3/q+1. The number of piperazine rings is 1. The minimum atomic E-state index is -3.75. The van der Waals surface area contributed by atoms with Crippen LogP contribution in [0.15, 0.2) is 51.9 Å². The molecule has 1 saturated heterocycles. The second-order valence-electron chi connectivity index (χ2n) is 7.01. The summed E-state index contributed by atoms with van der Waals surface area (Å²) >= 11 is 18.4. The molecule has 1 aromatic heterocycles. The molecule has 1 aliphatic rings. The maximum Gasteiger partial charge on any atom is 0.399 e. The van der Waals surface area contributed by atoms with Gasteiger partial charge in [-0.3, -0.25) is 4.52 Å². The predicted molar refractivity (Wildman–Crippen MR) is 119 cm³/mol. The van der Waals surface area contributed by atoms with E-state index in [1.54, 1.807) is 0 Å². The van der Waals surface area contributed by atoms with Crippen LogP contribution in [0.2, 0.25) is 15.2 Å². The quantitative estimate of drug-likeness (QED) is 0.536. The van der Waals surface area contributed by atoms with E-state index in [0.717, 1.165) is 11.3 Å². The maximum atomic E-state index is 13.0. The number of nitrogens with one attached hydrogen (secondary N) is 1. The van der Waals surface area contributed by atoms with Crippen molar-refractivity contribution in [2.75, 3.05) is 36.5 Å². The van der Waals surface area contributed by atoms with E-state index in [-0.39, 0.29) is 28.2 Å². The molecular formula is C19H19Cl3N5O3S+. The molecular weight excluding hydrogens is 485 g/mol. The molecule has 2 heterocycles. The van der Waals surface area contributed by atoms with E-state index in [1.807, 2.05) is 36.2 Å². The summed E-state index contributed by atoms with van der Waals surface area (Å²) < 4.78 is 32.6. The first-order valence-corrected chi connectivity index (χ1v) is 11.9. The van der Waals surface area contributed by atoms with Gasteiger partial charge in [0.05, 0.1) is 22.9 Å². The Balaban J connectivity index is 1.45. The Hall–Kier alpha value is -2.04. The predicted octanol–water partition coefficient (Wildman–Crippen LogP) is 3.62. The third-order valence-electron chi connectivity index (χ3n) is 4.88. The van der Waals surface area contributed by atoms with Crippen molar-refractivity contribution in [1.82, 2.24) is 9.58 Å². The number of rotatable bonds is 5. The Morgan fingerprint density at radius 1 is 1.03 bits per heavy atom. The van der Waals surface area contributed by atoms with Crippen molar-refractivity contribution in [2.45, 2.75) is 11.8 Å². The van der Waals surface area contributed by atoms with E-state index in [4.69, 9.17) is 39.3 Å². The van der Waals surface area contributed by atoms with Gasteiger partial charge < -0.3 is 5.32 Å². The zero-order valence-corrected chi connectivity index (χ0v) is 19.5. The highest BCUT2D eigenvalue weighted by Crippen LogP contribution is 2.28. The summed E-state index contributed by atoms with van der Waals surface area (Å²) in [6.45, 7) is 3.20. The second kappa shape index (κ2) is 8.84. The van der Waals surface area contributed by atoms with Gasteiger partial charge in [-0.15, -0.1) is 5.01 Å². The molecule has 0 saturated carbocycles. The zero-order valence-electron chi connectivity index (χ0n) is 16.4. The molecule has 4 rings (SSSR count). The fourth-order valence-corrected chi connectivity index (χ4v) is 5.58. The third kappa shape index (κ3) is 4.61. The molecule has 164 valence electrons. The van der Waals surface area contributed by atoms with E-state index in [2.05, 4.69) is 10.6 Å². The Kier molecular flexibility index (Phi) is 6.32. The van der Waals surface area contributed by atoms with Gasteiger partial charge >= 0.3 is 11.0 Å². The lowest BCUT2D eigenvalue weighted by Crippen LogP contribution is -2.66. The summed E-state index contributed by atoms with van der Waals surface area (Å²) in [5.74, 6) is 0.300. The number of anilines is 2. The van der Waals surface area contributed by atoms with Crippen LogP contribution in [0.3, 0.4) is 0 Å². The summed E-state index contributed by atoms with van der Waals surface area (Å²) in [6, 6.07) is 12.1. The Morgan fingerprint density at radius 3 is 2.35 bits per heavy atom. The molecule has 8 nitrogen and oxygen atoms in total. The van der Waals surface area contributed by atoms with Crippen molar-refractivity contribution in [1.29, 1.82) is 0 Å². The van der Waals surface area contributed by atoms with Gasteiger partial charge in [-0.05, 0) is 37.3 Å². The molecule has 0 unspecified atom stereocenters. The van der Waals surface area contributed by atoms with Crippen LogP contribution in [-0.4, -0.2) is 44.2 Å². The van der Waals surface area contributed by atoms with Gasteiger partial charge in [-0.25, -0.2) is 8.42 Å². The van der Waals surface area contributed by atoms with Crippen LogP contribution >= 0.6 is 34.8 Å². The van der Waals surface area contributed by atoms with Gasteiger partial charge in [0.2, 0.25) is 15.3 Å². The molecule has 0 radical (unpaired) electrons. The van der Waals surface area contributed by atoms with Crippen LogP contribution in [-0.2, 0) is 10.0 Å². The number of aromatic nitrogens is 2. The zero-order chi connectivity index (χ0) is 22.2. The lowest BCUT2D eigenvalue weighted by atomic mass is 10.2. The Bertz CT molecular complexity index is 1190. The third-order valence-corrected chi connectivity index (χ3v) is 7.82. The van der Waals surface area contributed by atoms with Crippen LogP contribution < -0.4 is 15.1 Å². The Labute approximate surface area is 194 Å². The summed E-state index contributed by atoms with van der Waals surface area (Å²) in [6.07, 6.45) is 0. The normalized spacial score (nSPS) is 15.3. The molecule has 2 aromatic carbocycles. The van der Waals surface area contributed by atoms with Crippen LogP contribution in [0.1, 0.15) is 5.56 Å². The number of aryl methyl sites for hydroxylation is 1. The van der Waals surface area contributed by atoms with Gasteiger partial charge in [-0.2, -0.15) is 4.31 Å². The molecule has 1 aliphatic heterocycles. The summed E-state index contributed by atoms with van der Waals surface area (Å²) in [7, 11) is -3.75. The highest BCUT2D eigenvalue weighted by molar-refractivity contribution is 7.89. The van der Waals surface area contributed by atoms with E-state index < -0.39 is 10.0 Å². The number of hydrogen-bond donors (Lipinski definition) is 1. The van der Waals surface area contributed by atoms with Crippen LogP contribution in [0.25, 0.3) is 0 Å². The summed E-state index contributed by atoms with van der Waals surface area (Å²) in [5.41, 5.74) is 1.95. The lowest BCUT2D eigenvalue weighted by molar-refractivity contribution is -0.757. The summed E-state index contributed by atoms with van der Waals surface area (Å²) in [4.78, 5) is 1.46. The number of halogens is 3. The molecule has 31 heavy (non-hydrogen) atoms. The molecule has 0 atom stereocenters. The average Bonchev–Trinajstić information content (AvgIpc) is 3.09. The first kappa shape index (κ1) is 22.2. The fraction of sp³-hybridized carbons (Fsp3) is 0.263. The van der Waals surface area contributed by atoms with Crippen molar-refractivity contribution in [3.63, 3.8) is 0 Å². The van der Waals surface area contributed by atoms with Crippen LogP contribution in [0, 0.1) is 6.92 Å². The van der Waals surface area contributed by atoms with E-state index in [9.17, 15) is 8.42 Å². The largest absolute Gasteiger partial charge is 0.399 e. The first-order chi connectivity index (χ1) is 14.8. The number of hydrogen-bond acceptors (Lipinski definition) is 6. The van der Waals surface area contributed by atoms with Crippen molar-refractivity contribution in [2.24, 2.45) is 0 Å². The number of benzene rings is 2. The maximum absolute atomic E-state index is 13.0. The molecule has 0 amide bonds. The summed E-state index contributed by atoms with van der Waals surface area (Å²) in [5, 5.41) is 9.61. The molecule has 0 bridgehead atoms. The molecule has 0 aliphatic carbocycles. The molecule has 1 N–H and O–H groups in total. The molecule has 0 spiro atoms. The van der Waals surface area contributed by atoms with Gasteiger partial charge in [0.25, 0.3) is 0 Å². The fourth-order valence-electron chi connectivity index (χ4n) is 3.19. The highest BCUT2D eigenvalue weighted by atomic mass is 35.5. The van der Waals surface area contributed by atoms with E-state index >= 15 is 0 Å². The van der Waals surface area contributed by atoms with Gasteiger partial charge in [0.15, 0.2) is 0 Å². The Morgan fingerprint density at radius 2 is 1.71 bits per heavy atom. The molecule has 1 fully saturated rings. The van der Waals surface area contributed by atoms with Crippen LogP contribution in [0.4, 0.5) is 11.6 Å². The van der Waals surface area contributed by atoms with Crippen molar-refractivity contribution < 1.29 is 17.7 Å². The smallest absolute Gasteiger partial charge is 0.317 e. The minimum absolute atomic E-state index is 0.0312.